The van der Waals surface area contributed by atoms with Crippen LogP contribution in [0.5, 0.6) is 0 Å². The number of hydrogen-bond acceptors (Lipinski definition) is 7. The molecule has 3 aromatic heterocycles. The van der Waals surface area contributed by atoms with Gasteiger partial charge < -0.3 is 10.1 Å². The van der Waals surface area contributed by atoms with Crippen molar-refractivity contribution in [3.63, 3.8) is 0 Å². The van der Waals surface area contributed by atoms with E-state index in [4.69, 9.17) is 4.98 Å². The number of aryl methyl sites for hydroxylation is 1. The molecule has 1 aromatic carbocycles. The summed E-state index contributed by atoms with van der Waals surface area (Å²) in [6, 6.07) is 9.49. The molecule has 2 N–H and O–H groups in total. The SMILES string of the molecule is C=CCn1c(SC/C(O)=C(\C#N)c2nc3ccccc3[nH]2)nc2sc3c(c2c1=O)CCC(C)C3. The lowest BCUT2D eigenvalue weighted by atomic mass is 9.89. The van der Waals surface area contributed by atoms with E-state index in [9.17, 15) is 15.2 Å². The second kappa shape index (κ2) is 9.12. The number of rotatable bonds is 6. The van der Waals surface area contributed by atoms with Crippen molar-refractivity contribution in [2.24, 2.45) is 5.92 Å². The van der Waals surface area contributed by atoms with Crippen molar-refractivity contribution in [2.75, 3.05) is 5.75 Å². The van der Waals surface area contributed by atoms with Crippen molar-refractivity contribution in [3.8, 4) is 6.07 Å². The number of nitriles is 1. The van der Waals surface area contributed by atoms with Crippen LogP contribution in [0.4, 0.5) is 0 Å². The first kappa shape index (κ1) is 22.4. The second-order valence-electron chi connectivity index (χ2n) is 8.46. The third-order valence-electron chi connectivity index (χ3n) is 6.06. The highest BCUT2D eigenvalue weighted by Gasteiger charge is 2.25. The van der Waals surface area contributed by atoms with Gasteiger partial charge in [-0.05, 0) is 42.9 Å². The summed E-state index contributed by atoms with van der Waals surface area (Å²) < 4.78 is 1.60. The number of para-hydroxylation sites is 2. The van der Waals surface area contributed by atoms with Crippen molar-refractivity contribution < 1.29 is 5.11 Å². The third-order valence-corrected chi connectivity index (χ3v) is 8.19. The van der Waals surface area contributed by atoms with Gasteiger partial charge in [0.05, 0.1) is 22.2 Å². The number of aliphatic hydroxyl groups is 1. The van der Waals surface area contributed by atoms with Gasteiger partial charge in [0.15, 0.2) is 11.0 Å². The van der Waals surface area contributed by atoms with Crippen molar-refractivity contribution in [1.29, 1.82) is 5.26 Å². The summed E-state index contributed by atoms with van der Waals surface area (Å²) in [6.45, 7) is 6.35. The van der Waals surface area contributed by atoms with Crippen LogP contribution in [0, 0.1) is 17.2 Å². The molecule has 0 spiro atoms. The highest BCUT2D eigenvalue weighted by molar-refractivity contribution is 7.99. The van der Waals surface area contributed by atoms with E-state index in [1.54, 1.807) is 22.0 Å². The first-order valence-electron chi connectivity index (χ1n) is 11.1. The van der Waals surface area contributed by atoms with Crippen LogP contribution in [0.3, 0.4) is 0 Å². The molecule has 0 amide bonds. The minimum atomic E-state index is -0.120. The zero-order valence-corrected chi connectivity index (χ0v) is 20.3. The Morgan fingerprint density at radius 2 is 2.26 bits per heavy atom. The predicted molar refractivity (Wildman–Crippen MR) is 137 cm³/mol. The van der Waals surface area contributed by atoms with Gasteiger partial charge in [-0.25, -0.2) is 9.97 Å². The Hall–Kier alpha value is -3.35. The first-order chi connectivity index (χ1) is 16.5. The zero-order chi connectivity index (χ0) is 23.8. The molecule has 1 aliphatic carbocycles. The lowest BCUT2D eigenvalue weighted by Gasteiger charge is -2.17. The molecule has 9 heteroatoms. The van der Waals surface area contributed by atoms with Gasteiger partial charge in [-0.2, -0.15) is 5.26 Å². The maximum Gasteiger partial charge on any atom is 0.263 e. The van der Waals surface area contributed by atoms with Crippen molar-refractivity contribution >= 4 is 49.9 Å². The monoisotopic (exact) mass is 489 g/mol. The lowest BCUT2D eigenvalue weighted by Crippen LogP contribution is -2.23. The van der Waals surface area contributed by atoms with Crippen molar-refractivity contribution in [3.05, 3.63) is 69.3 Å². The summed E-state index contributed by atoms with van der Waals surface area (Å²) in [5, 5.41) is 21.7. The van der Waals surface area contributed by atoms with Crippen LogP contribution in [0.25, 0.3) is 26.8 Å². The predicted octanol–water partition coefficient (Wildman–Crippen LogP) is 5.23. The van der Waals surface area contributed by atoms with Gasteiger partial charge in [0.1, 0.15) is 22.2 Å². The molecule has 0 saturated heterocycles. The molecule has 0 fully saturated rings. The Morgan fingerprint density at radius 1 is 1.44 bits per heavy atom. The molecule has 4 aromatic rings. The Labute approximate surface area is 204 Å². The van der Waals surface area contributed by atoms with E-state index in [2.05, 4.69) is 29.5 Å². The third kappa shape index (κ3) is 3.93. The Kier molecular flexibility index (Phi) is 6.02. The van der Waals surface area contributed by atoms with E-state index in [-0.39, 0.29) is 22.6 Å². The molecule has 34 heavy (non-hydrogen) atoms. The van der Waals surface area contributed by atoms with E-state index >= 15 is 0 Å². The summed E-state index contributed by atoms with van der Waals surface area (Å²) in [4.78, 5) is 27.7. The fraction of sp³-hybridized carbons (Fsp3) is 0.280. The number of imidazole rings is 1. The molecule has 0 radical (unpaired) electrons. The number of hydrogen-bond donors (Lipinski definition) is 2. The smallest absolute Gasteiger partial charge is 0.263 e. The summed E-state index contributed by atoms with van der Waals surface area (Å²) in [5.41, 5.74) is 2.65. The van der Waals surface area contributed by atoms with Gasteiger partial charge in [-0.15, -0.1) is 17.9 Å². The van der Waals surface area contributed by atoms with Gasteiger partial charge >= 0.3 is 0 Å². The van der Waals surface area contributed by atoms with Crippen LogP contribution >= 0.6 is 23.1 Å². The van der Waals surface area contributed by atoms with Crippen molar-refractivity contribution in [1.82, 2.24) is 19.5 Å². The van der Waals surface area contributed by atoms with Crippen LogP contribution in [0.15, 0.2) is 52.6 Å². The number of aromatic amines is 1. The minimum absolute atomic E-state index is 0.0688. The molecule has 3 heterocycles. The Morgan fingerprint density at radius 3 is 3.03 bits per heavy atom. The van der Waals surface area contributed by atoms with Gasteiger partial charge in [-0.1, -0.05) is 36.9 Å². The molecule has 1 unspecified atom stereocenters. The van der Waals surface area contributed by atoms with Crippen LogP contribution < -0.4 is 5.56 Å². The van der Waals surface area contributed by atoms with E-state index < -0.39 is 0 Å². The Bertz CT molecular complexity index is 1520. The number of allylic oxidation sites excluding steroid dienone is 2. The average molecular weight is 490 g/mol. The molecular formula is C25H23N5O2S2. The van der Waals surface area contributed by atoms with E-state index in [0.29, 0.717) is 29.0 Å². The van der Waals surface area contributed by atoms with Crippen molar-refractivity contribution in [2.45, 2.75) is 37.9 Å². The normalized spacial score (nSPS) is 16.3. The topological polar surface area (TPSA) is 108 Å². The number of nitrogens with zero attached hydrogens (tertiary/aromatic N) is 4. The molecular weight excluding hydrogens is 466 g/mol. The summed E-state index contributed by atoms with van der Waals surface area (Å²) >= 11 is 2.82. The molecule has 0 bridgehead atoms. The van der Waals surface area contributed by atoms with E-state index in [1.807, 2.05) is 24.3 Å². The van der Waals surface area contributed by atoms with Crippen LogP contribution in [0.1, 0.15) is 29.6 Å². The number of nitrogens with one attached hydrogen (secondary N) is 1. The highest BCUT2D eigenvalue weighted by Crippen LogP contribution is 2.36. The zero-order valence-electron chi connectivity index (χ0n) is 18.7. The maximum atomic E-state index is 13.4. The first-order valence-corrected chi connectivity index (χ1v) is 12.9. The number of thiophene rings is 1. The van der Waals surface area contributed by atoms with E-state index in [0.717, 1.165) is 40.6 Å². The van der Waals surface area contributed by atoms with Crippen LogP contribution in [0.2, 0.25) is 0 Å². The van der Waals surface area contributed by atoms with Crippen LogP contribution in [-0.2, 0) is 19.4 Å². The van der Waals surface area contributed by atoms with E-state index in [1.165, 1.54) is 16.6 Å². The fourth-order valence-electron chi connectivity index (χ4n) is 4.34. The number of benzene rings is 1. The highest BCUT2D eigenvalue weighted by atomic mass is 32.2. The number of aliphatic hydroxyl groups excluding tert-OH is 1. The number of H-pyrrole nitrogens is 1. The quantitative estimate of drug-likeness (QED) is 0.126. The van der Waals surface area contributed by atoms with Gasteiger partial charge in [0.25, 0.3) is 5.56 Å². The molecule has 5 rings (SSSR count). The van der Waals surface area contributed by atoms with Crippen LogP contribution in [-0.4, -0.2) is 30.4 Å². The number of aromatic nitrogens is 4. The largest absolute Gasteiger partial charge is 0.510 e. The van der Waals surface area contributed by atoms with Gasteiger partial charge in [-0.3, -0.25) is 9.36 Å². The Balaban J connectivity index is 1.51. The molecule has 172 valence electrons. The standard InChI is InChI=1S/C25H23N5O2S2/c1-3-10-30-24(32)21-15-9-8-14(2)11-20(15)34-23(21)29-25(30)33-13-19(31)16(12-26)22-27-17-6-4-5-7-18(17)28-22/h3-7,14,31H,1,8-11,13H2,2H3,(H,27,28)/b19-16-. The summed E-state index contributed by atoms with van der Waals surface area (Å²) in [6.07, 6.45) is 4.63. The molecule has 1 atom stereocenters. The average Bonchev–Trinajstić information content (AvgIpc) is 3.41. The van der Waals surface area contributed by atoms with Gasteiger partial charge in [0.2, 0.25) is 0 Å². The summed E-state index contributed by atoms with van der Waals surface area (Å²) in [5.74, 6) is 0.880. The fourth-order valence-corrected chi connectivity index (χ4v) is 6.65. The summed E-state index contributed by atoms with van der Waals surface area (Å²) in [7, 11) is 0. The molecule has 7 nitrogen and oxygen atoms in total. The second-order valence-corrected chi connectivity index (χ2v) is 10.5. The lowest BCUT2D eigenvalue weighted by molar-refractivity contribution is 0.420. The molecule has 1 aliphatic rings. The molecule has 0 aliphatic heterocycles. The minimum Gasteiger partial charge on any atom is -0.510 e. The maximum absolute atomic E-state index is 13.4. The number of fused-ring (bicyclic) bond motifs is 4. The molecule has 0 saturated carbocycles. The number of thioether (sulfide) groups is 1. The van der Waals surface area contributed by atoms with Gasteiger partial charge in [0, 0.05) is 11.4 Å².